The van der Waals surface area contributed by atoms with Crippen LogP contribution in [0.15, 0.2) is 0 Å². The van der Waals surface area contributed by atoms with Crippen LogP contribution in [0.5, 0.6) is 0 Å². The average molecular weight is 299 g/mol. The number of carbonyl (C=O) groups excluding carboxylic acids is 3. The number of esters is 1. The van der Waals surface area contributed by atoms with Crippen LogP contribution in [0.1, 0.15) is 39.5 Å². The van der Waals surface area contributed by atoms with Crippen molar-refractivity contribution < 1.29 is 19.1 Å². The zero-order valence-electron chi connectivity index (χ0n) is 13.0. The van der Waals surface area contributed by atoms with Gasteiger partial charge in [-0.25, -0.2) is 4.79 Å². The molecule has 0 saturated carbocycles. The average Bonchev–Trinajstić information content (AvgIpc) is 2.39. The van der Waals surface area contributed by atoms with E-state index in [1.165, 1.54) is 7.11 Å². The minimum Gasteiger partial charge on any atom is -0.469 e. The fourth-order valence-electron chi connectivity index (χ4n) is 2.42. The van der Waals surface area contributed by atoms with Crippen molar-refractivity contribution in [2.75, 3.05) is 20.2 Å². The number of imide groups is 1. The highest BCUT2D eigenvalue weighted by atomic mass is 16.5. The molecule has 0 bridgehead atoms. The standard InChI is InChI=1S/C14H25N3O4/c1-10(2)15-14(20)16-12(18)9-17-7-5-4-6-11(17)8-13(19)21-3/h10-11H,4-9H2,1-3H3,(H2,15,16,18,20). The van der Waals surface area contributed by atoms with E-state index in [9.17, 15) is 14.4 Å². The summed E-state index contributed by atoms with van der Waals surface area (Å²) in [7, 11) is 1.36. The van der Waals surface area contributed by atoms with E-state index in [1.807, 2.05) is 18.7 Å². The van der Waals surface area contributed by atoms with E-state index in [-0.39, 0.29) is 36.9 Å². The molecule has 0 aromatic carbocycles. The second kappa shape index (κ2) is 8.61. The maximum absolute atomic E-state index is 11.9. The molecule has 1 heterocycles. The van der Waals surface area contributed by atoms with Gasteiger partial charge in [-0.05, 0) is 33.2 Å². The molecule has 1 rings (SSSR count). The summed E-state index contributed by atoms with van der Waals surface area (Å²) in [5, 5.41) is 4.90. The molecule has 3 amide bonds. The predicted molar refractivity (Wildman–Crippen MR) is 77.7 cm³/mol. The number of carbonyl (C=O) groups is 3. The molecule has 1 atom stereocenters. The Morgan fingerprint density at radius 3 is 2.62 bits per heavy atom. The lowest BCUT2D eigenvalue weighted by Gasteiger charge is -2.34. The predicted octanol–water partition coefficient (Wildman–Crippen LogP) is 0.638. The van der Waals surface area contributed by atoms with Crippen LogP contribution in [0.2, 0.25) is 0 Å². The third kappa shape index (κ3) is 6.57. The van der Waals surface area contributed by atoms with E-state index in [0.717, 1.165) is 25.8 Å². The second-order valence-electron chi connectivity index (χ2n) is 5.58. The molecule has 2 N–H and O–H groups in total. The van der Waals surface area contributed by atoms with Gasteiger partial charge in [-0.2, -0.15) is 0 Å². The van der Waals surface area contributed by atoms with Crippen molar-refractivity contribution in [2.24, 2.45) is 0 Å². The summed E-state index contributed by atoms with van der Waals surface area (Å²) in [5.74, 6) is -0.630. The van der Waals surface area contributed by atoms with Crippen LogP contribution in [-0.4, -0.2) is 55.1 Å². The first-order valence-electron chi connectivity index (χ1n) is 7.33. The SMILES string of the molecule is COC(=O)CC1CCCCN1CC(=O)NC(=O)NC(C)C. The highest BCUT2D eigenvalue weighted by molar-refractivity contribution is 5.95. The quantitative estimate of drug-likeness (QED) is 0.727. The number of piperidine rings is 1. The van der Waals surface area contributed by atoms with E-state index >= 15 is 0 Å². The lowest BCUT2D eigenvalue weighted by atomic mass is 9.99. The Bertz CT molecular complexity index is 384. The van der Waals surface area contributed by atoms with Crippen molar-refractivity contribution in [3.05, 3.63) is 0 Å². The maximum Gasteiger partial charge on any atom is 0.321 e. The molecular formula is C14H25N3O4. The molecule has 1 saturated heterocycles. The van der Waals surface area contributed by atoms with Gasteiger partial charge in [0.1, 0.15) is 0 Å². The second-order valence-corrected chi connectivity index (χ2v) is 5.58. The Kier molecular flexibility index (Phi) is 7.14. The summed E-state index contributed by atoms with van der Waals surface area (Å²) in [6.45, 7) is 4.51. The third-order valence-corrected chi connectivity index (χ3v) is 3.40. The molecule has 0 radical (unpaired) electrons. The van der Waals surface area contributed by atoms with Crippen LogP contribution in [0, 0.1) is 0 Å². The van der Waals surface area contributed by atoms with Crippen molar-refractivity contribution in [2.45, 2.75) is 51.6 Å². The Labute approximate surface area is 125 Å². The van der Waals surface area contributed by atoms with E-state index in [0.29, 0.717) is 0 Å². The van der Waals surface area contributed by atoms with Crippen LogP contribution < -0.4 is 10.6 Å². The lowest BCUT2D eigenvalue weighted by Crippen LogP contribution is -2.50. The molecule has 120 valence electrons. The first-order chi connectivity index (χ1) is 9.92. The largest absolute Gasteiger partial charge is 0.469 e. The van der Waals surface area contributed by atoms with Crippen LogP contribution in [0.3, 0.4) is 0 Å². The van der Waals surface area contributed by atoms with Crippen LogP contribution in [0.4, 0.5) is 4.79 Å². The smallest absolute Gasteiger partial charge is 0.321 e. The molecule has 1 aliphatic heterocycles. The monoisotopic (exact) mass is 299 g/mol. The van der Waals surface area contributed by atoms with Gasteiger partial charge in [0, 0.05) is 12.1 Å². The minimum absolute atomic E-state index is 0.00473. The van der Waals surface area contributed by atoms with Gasteiger partial charge in [0.05, 0.1) is 20.1 Å². The van der Waals surface area contributed by atoms with Gasteiger partial charge in [0.2, 0.25) is 5.91 Å². The van der Waals surface area contributed by atoms with Gasteiger partial charge in [0.25, 0.3) is 0 Å². The molecule has 0 aliphatic carbocycles. The Morgan fingerprint density at radius 1 is 1.29 bits per heavy atom. The molecule has 21 heavy (non-hydrogen) atoms. The Morgan fingerprint density at radius 2 is 2.00 bits per heavy atom. The molecule has 7 heteroatoms. The number of urea groups is 1. The Balaban J connectivity index is 2.47. The topological polar surface area (TPSA) is 87.7 Å². The minimum atomic E-state index is -0.489. The van der Waals surface area contributed by atoms with Crippen molar-refractivity contribution in [3.63, 3.8) is 0 Å². The van der Waals surface area contributed by atoms with Crippen molar-refractivity contribution in [1.29, 1.82) is 0 Å². The van der Waals surface area contributed by atoms with Gasteiger partial charge in [0.15, 0.2) is 0 Å². The zero-order chi connectivity index (χ0) is 15.8. The molecule has 0 aromatic heterocycles. The first-order valence-corrected chi connectivity index (χ1v) is 7.33. The van der Waals surface area contributed by atoms with E-state index in [4.69, 9.17) is 0 Å². The summed E-state index contributed by atoms with van der Waals surface area (Å²) >= 11 is 0. The molecule has 1 unspecified atom stereocenters. The molecule has 0 spiro atoms. The van der Waals surface area contributed by atoms with Gasteiger partial charge in [-0.15, -0.1) is 0 Å². The fraction of sp³-hybridized carbons (Fsp3) is 0.786. The summed E-state index contributed by atoms with van der Waals surface area (Å²) in [4.78, 5) is 36.7. The van der Waals surface area contributed by atoms with E-state index < -0.39 is 6.03 Å². The number of nitrogens with one attached hydrogen (secondary N) is 2. The highest BCUT2D eigenvalue weighted by Crippen LogP contribution is 2.19. The first kappa shape index (κ1) is 17.4. The van der Waals surface area contributed by atoms with E-state index in [2.05, 4.69) is 15.4 Å². The van der Waals surface area contributed by atoms with Crippen LogP contribution in [-0.2, 0) is 14.3 Å². The number of hydrogen-bond acceptors (Lipinski definition) is 5. The lowest BCUT2D eigenvalue weighted by molar-refractivity contribution is -0.143. The number of likely N-dealkylation sites (tertiary alicyclic amines) is 1. The van der Waals surface area contributed by atoms with Crippen molar-refractivity contribution in [1.82, 2.24) is 15.5 Å². The molecule has 1 fully saturated rings. The summed E-state index contributed by atoms with van der Waals surface area (Å²) in [5.41, 5.74) is 0. The normalized spacial score (nSPS) is 19.1. The summed E-state index contributed by atoms with van der Waals surface area (Å²) in [6, 6.07) is -0.513. The summed E-state index contributed by atoms with van der Waals surface area (Å²) < 4.78 is 4.68. The number of nitrogens with zero attached hydrogens (tertiary/aromatic N) is 1. The molecule has 7 nitrogen and oxygen atoms in total. The van der Waals surface area contributed by atoms with Gasteiger partial charge >= 0.3 is 12.0 Å². The molecule has 0 aromatic rings. The van der Waals surface area contributed by atoms with Crippen molar-refractivity contribution >= 4 is 17.9 Å². The van der Waals surface area contributed by atoms with Crippen molar-refractivity contribution in [3.8, 4) is 0 Å². The summed E-state index contributed by atoms with van der Waals surface area (Å²) in [6.07, 6.45) is 3.17. The van der Waals surface area contributed by atoms with Crippen LogP contribution in [0.25, 0.3) is 0 Å². The van der Waals surface area contributed by atoms with Crippen LogP contribution >= 0.6 is 0 Å². The van der Waals surface area contributed by atoms with Gasteiger partial charge < -0.3 is 10.1 Å². The van der Waals surface area contributed by atoms with Gasteiger partial charge in [-0.3, -0.25) is 19.8 Å². The number of ether oxygens (including phenoxy) is 1. The number of hydrogen-bond donors (Lipinski definition) is 2. The van der Waals surface area contributed by atoms with Gasteiger partial charge in [-0.1, -0.05) is 6.42 Å². The number of methoxy groups -OCH3 is 1. The third-order valence-electron chi connectivity index (χ3n) is 3.40. The maximum atomic E-state index is 11.9. The molecular weight excluding hydrogens is 274 g/mol. The zero-order valence-corrected chi connectivity index (χ0v) is 13.0. The molecule has 1 aliphatic rings. The number of amides is 3. The highest BCUT2D eigenvalue weighted by Gasteiger charge is 2.27. The van der Waals surface area contributed by atoms with E-state index in [1.54, 1.807) is 0 Å². The Hall–Kier alpha value is -1.63. The fourth-order valence-corrected chi connectivity index (χ4v) is 2.42. The number of rotatable bonds is 5.